The van der Waals surface area contributed by atoms with Gasteiger partial charge in [0.1, 0.15) is 6.61 Å². The van der Waals surface area contributed by atoms with E-state index in [-0.39, 0.29) is 0 Å². The van der Waals surface area contributed by atoms with Gasteiger partial charge in [0.2, 0.25) is 5.90 Å². The largest absolute Gasteiger partial charge is 0.475 e. The first kappa shape index (κ1) is 13.3. The quantitative estimate of drug-likeness (QED) is 0.766. The van der Waals surface area contributed by atoms with E-state index in [9.17, 15) is 0 Å². The minimum absolute atomic E-state index is 0.315. The first-order chi connectivity index (χ1) is 8.39. The van der Waals surface area contributed by atoms with Crippen molar-refractivity contribution in [3.8, 4) is 0 Å². The van der Waals surface area contributed by atoms with Gasteiger partial charge < -0.3 is 4.74 Å². The molecule has 0 aromatic heterocycles. The minimum Gasteiger partial charge on any atom is -0.475 e. The van der Waals surface area contributed by atoms with Gasteiger partial charge in [0.05, 0.1) is 14.1 Å². The van der Waals surface area contributed by atoms with Crippen LogP contribution < -0.4 is 5.19 Å². The third-order valence-electron chi connectivity index (χ3n) is 3.41. The third-order valence-corrected chi connectivity index (χ3v) is 5.46. The highest BCUT2D eigenvalue weighted by Crippen LogP contribution is 2.18. The average Bonchev–Trinajstić information content (AvgIpc) is 2.77. The van der Waals surface area contributed by atoms with Crippen molar-refractivity contribution in [3.63, 3.8) is 0 Å². The Labute approximate surface area is 111 Å². The molecule has 0 radical (unpaired) electrons. The van der Waals surface area contributed by atoms with Gasteiger partial charge in [-0.3, -0.25) is 0 Å². The molecule has 3 heteroatoms. The summed E-state index contributed by atoms with van der Waals surface area (Å²) in [6.07, 6.45) is 0. The Morgan fingerprint density at radius 1 is 1.22 bits per heavy atom. The van der Waals surface area contributed by atoms with E-state index >= 15 is 0 Å². The summed E-state index contributed by atoms with van der Waals surface area (Å²) in [5, 5.41) is 1.44. The number of aliphatic imine (C=N–C) groups is 1. The number of benzene rings is 1. The summed E-state index contributed by atoms with van der Waals surface area (Å²) < 4.78 is 5.82. The number of rotatable bonds is 3. The molecule has 0 aliphatic carbocycles. The zero-order chi connectivity index (χ0) is 13.3. The molecule has 0 bridgehead atoms. The van der Waals surface area contributed by atoms with Crippen LogP contribution in [0.4, 0.5) is 0 Å². The molecule has 1 aliphatic rings. The van der Waals surface area contributed by atoms with Crippen LogP contribution in [0.1, 0.15) is 19.4 Å². The lowest BCUT2D eigenvalue weighted by Gasteiger charge is -2.20. The first-order valence-electron chi connectivity index (χ1n) is 6.70. The Hall–Kier alpha value is -1.09. The van der Waals surface area contributed by atoms with E-state index in [1.54, 1.807) is 0 Å². The van der Waals surface area contributed by atoms with Gasteiger partial charge in [-0.2, -0.15) is 0 Å². The second kappa shape index (κ2) is 4.88. The van der Waals surface area contributed by atoms with Crippen LogP contribution in [0, 0.1) is 5.92 Å². The molecule has 2 nitrogen and oxygen atoms in total. The second-order valence-electron chi connectivity index (χ2n) is 6.35. The second-order valence-corrected chi connectivity index (χ2v) is 11.4. The standard InChI is InChI=1S/C15H23NOSi/c1-11(2)13-10-17-15(16-13)12-8-6-7-9-14(12)18(3,4)5/h6-9,11,13H,10H2,1-5H3/t13-/m1/s1. The van der Waals surface area contributed by atoms with Gasteiger partial charge in [0.15, 0.2) is 0 Å². The molecular formula is C15H23NOSi. The number of hydrogen-bond acceptors (Lipinski definition) is 2. The van der Waals surface area contributed by atoms with Crippen molar-refractivity contribution in [1.82, 2.24) is 0 Å². The van der Waals surface area contributed by atoms with E-state index in [1.807, 2.05) is 0 Å². The maximum Gasteiger partial charge on any atom is 0.216 e. The van der Waals surface area contributed by atoms with Crippen molar-refractivity contribution in [1.29, 1.82) is 0 Å². The van der Waals surface area contributed by atoms with Gasteiger partial charge in [-0.1, -0.05) is 51.7 Å². The van der Waals surface area contributed by atoms with Crippen LogP contribution in [0.5, 0.6) is 0 Å². The monoisotopic (exact) mass is 261 g/mol. The highest BCUT2D eigenvalue weighted by molar-refractivity contribution is 6.89. The van der Waals surface area contributed by atoms with Crippen molar-refractivity contribution in [2.45, 2.75) is 39.5 Å². The van der Waals surface area contributed by atoms with E-state index in [2.05, 4.69) is 57.8 Å². The fourth-order valence-electron chi connectivity index (χ4n) is 2.20. The van der Waals surface area contributed by atoms with E-state index < -0.39 is 8.07 Å². The molecule has 0 amide bonds. The summed E-state index contributed by atoms with van der Waals surface area (Å²) in [6.45, 7) is 12.2. The van der Waals surface area contributed by atoms with Crippen molar-refractivity contribution in [3.05, 3.63) is 29.8 Å². The lowest BCUT2D eigenvalue weighted by atomic mass is 10.1. The SMILES string of the molecule is CC(C)[C@H]1COC(c2ccccc2[Si](C)(C)C)=N1. The van der Waals surface area contributed by atoms with Gasteiger partial charge in [0, 0.05) is 5.56 Å². The van der Waals surface area contributed by atoms with Crippen LogP contribution in [0.25, 0.3) is 0 Å². The summed E-state index contributed by atoms with van der Waals surface area (Å²) in [6, 6.07) is 8.89. The van der Waals surface area contributed by atoms with Crippen molar-refractivity contribution in [2.75, 3.05) is 6.61 Å². The Bertz CT molecular complexity index is 460. The maximum absolute atomic E-state index is 5.82. The zero-order valence-corrected chi connectivity index (χ0v) is 13.0. The molecule has 0 N–H and O–H groups in total. The van der Waals surface area contributed by atoms with Crippen LogP contribution in [0.2, 0.25) is 19.6 Å². The topological polar surface area (TPSA) is 21.6 Å². The molecule has 0 saturated heterocycles. The summed E-state index contributed by atoms with van der Waals surface area (Å²) in [7, 11) is -1.36. The van der Waals surface area contributed by atoms with E-state index in [0.717, 1.165) is 12.5 Å². The van der Waals surface area contributed by atoms with Gasteiger partial charge in [-0.05, 0) is 17.2 Å². The molecule has 0 unspecified atom stereocenters. The predicted octanol–water partition coefficient (Wildman–Crippen LogP) is 3.03. The number of nitrogens with zero attached hydrogens (tertiary/aromatic N) is 1. The van der Waals surface area contributed by atoms with Crippen molar-refractivity contribution in [2.24, 2.45) is 10.9 Å². The molecule has 0 fully saturated rings. The molecule has 1 aromatic rings. The Morgan fingerprint density at radius 2 is 1.89 bits per heavy atom. The van der Waals surface area contributed by atoms with Crippen molar-refractivity contribution >= 4 is 19.2 Å². The summed E-state index contributed by atoms with van der Waals surface area (Å²) in [5.41, 5.74) is 1.21. The van der Waals surface area contributed by atoms with Crippen LogP contribution in [0.3, 0.4) is 0 Å². The summed E-state index contributed by atoms with van der Waals surface area (Å²) in [5.74, 6) is 1.40. The molecule has 18 heavy (non-hydrogen) atoms. The average molecular weight is 261 g/mol. The molecule has 1 aromatic carbocycles. The van der Waals surface area contributed by atoms with Gasteiger partial charge in [-0.15, -0.1) is 0 Å². The van der Waals surface area contributed by atoms with Crippen LogP contribution in [-0.2, 0) is 4.74 Å². The van der Waals surface area contributed by atoms with Crippen molar-refractivity contribution < 1.29 is 4.74 Å². The lowest BCUT2D eigenvalue weighted by Crippen LogP contribution is -2.41. The molecular weight excluding hydrogens is 238 g/mol. The zero-order valence-electron chi connectivity index (χ0n) is 12.0. The molecule has 1 atom stereocenters. The molecule has 0 saturated carbocycles. The number of hydrogen-bond donors (Lipinski definition) is 0. The van der Waals surface area contributed by atoms with Crippen LogP contribution in [-0.4, -0.2) is 26.6 Å². The molecule has 0 spiro atoms. The Kier molecular flexibility index (Phi) is 3.62. The summed E-state index contributed by atoms with van der Waals surface area (Å²) >= 11 is 0. The van der Waals surface area contributed by atoms with Gasteiger partial charge in [0.25, 0.3) is 0 Å². The molecule has 1 heterocycles. The number of ether oxygens (including phenoxy) is 1. The van der Waals surface area contributed by atoms with E-state index in [1.165, 1.54) is 10.8 Å². The van der Waals surface area contributed by atoms with Crippen LogP contribution >= 0.6 is 0 Å². The summed E-state index contributed by atoms with van der Waals surface area (Å²) in [4.78, 5) is 4.75. The van der Waals surface area contributed by atoms with Crippen LogP contribution in [0.15, 0.2) is 29.3 Å². The molecule has 1 aliphatic heterocycles. The van der Waals surface area contributed by atoms with E-state index in [0.29, 0.717) is 12.0 Å². The Balaban J connectivity index is 2.38. The first-order valence-corrected chi connectivity index (χ1v) is 10.2. The molecule has 2 rings (SSSR count). The minimum atomic E-state index is -1.36. The lowest BCUT2D eigenvalue weighted by molar-refractivity contribution is 0.292. The highest BCUT2D eigenvalue weighted by Gasteiger charge is 2.27. The predicted molar refractivity (Wildman–Crippen MR) is 80.5 cm³/mol. The smallest absolute Gasteiger partial charge is 0.216 e. The third kappa shape index (κ3) is 2.66. The fourth-order valence-corrected chi connectivity index (χ4v) is 3.80. The fraction of sp³-hybridized carbons (Fsp3) is 0.533. The Morgan fingerprint density at radius 3 is 2.44 bits per heavy atom. The van der Waals surface area contributed by atoms with Gasteiger partial charge in [-0.25, -0.2) is 4.99 Å². The maximum atomic E-state index is 5.82. The highest BCUT2D eigenvalue weighted by atomic mass is 28.3. The van der Waals surface area contributed by atoms with E-state index in [4.69, 9.17) is 9.73 Å². The van der Waals surface area contributed by atoms with Gasteiger partial charge >= 0.3 is 0 Å². The molecule has 98 valence electrons. The normalized spacial score (nSPS) is 19.9.